The highest BCUT2D eigenvalue weighted by atomic mass is 35.5. The van der Waals surface area contributed by atoms with Gasteiger partial charge in [0, 0.05) is 38.2 Å². The predicted octanol–water partition coefficient (Wildman–Crippen LogP) is 8.28. The number of carbonyl (C=O) groups is 6. The van der Waals surface area contributed by atoms with Crippen LogP contribution in [0.15, 0.2) is 140 Å². The number of alkyl halides is 2. The maximum absolute atomic E-state index is 14.2. The molecule has 0 N–H and O–H groups in total. The molecule has 4 aliphatic rings. The highest BCUT2D eigenvalue weighted by Gasteiger charge is 2.59. The van der Waals surface area contributed by atoms with Crippen molar-refractivity contribution in [2.75, 3.05) is 12.5 Å². The van der Waals surface area contributed by atoms with Crippen LogP contribution < -0.4 is 0 Å². The number of esters is 6. The molecule has 550 valence electrons. The van der Waals surface area contributed by atoms with E-state index in [-0.39, 0.29) is 73.3 Å². The third-order valence-electron chi connectivity index (χ3n) is 18.4. The van der Waals surface area contributed by atoms with E-state index in [1.165, 1.54) is 27.9 Å². The quantitative estimate of drug-likeness (QED) is 0.0242. The first kappa shape index (κ1) is 75.5. The van der Waals surface area contributed by atoms with Gasteiger partial charge in [-0.1, -0.05) is 123 Å². The minimum Gasteiger partial charge on any atom is -0.459 e. The van der Waals surface area contributed by atoms with Gasteiger partial charge >= 0.3 is 35.8 Å². The average molecular weight is 1470 g/mol. The van der Waals surface area contributed by atoms with Crippen molar-refractivity contribution < 1.29 is 95.1 Å². The zero-order valence-corrected chi connectivity index (χ0v) is 59.5. The van der Waals surface area contributed by atoms with Crippen LogP contribution in [-0.4, -0.2) is 184 Å². The molecule has 7 aromatic rings. The summed E-state index contributed by atoms with van der Waals surface area (Å²) >= 11 is 13.5. The van der Waals surface area contributed by atoms with Crippen LogP contribution in [0.1, 0.15) is 120 Å². The molecule has 4 aromatic carbocycles. The maximum atomic E-state index is 14.2. The van der Waals surface area contributed by atoms with Gasteiger partial charge in [-0.2, -0.15) is 0 Å². The standard InChI is InChI=1S/C72H83Cl2N9O20/c1-9-54-58(74)41(3)61(93-45(7)84)71(95-54)103-72(40-73)44(6)62(94-46(8)85)57(102-72)36-83-33-53(77-80-83)39-92-70-43(5)60(99-66(87)48-25-17-12-18-26-48)64(101-68(89)50-29-21-14-22-30-50)56(97-70)35-82-32-52(76-79-82)38-91-69-42(4)59(98-65(86)47-23-15-11-16-24-47)63(100-67(88)49-27-19-13-20-28-49)55(96-69)34-81-31-51(75-78-81)37-90-10-2/h11-33,41-44,54-64,69-71H,9-10,34-40H2,1-8H3/t41-,42-,43-,44-,54+,55+,56+,57+,58+,59+,60+,61?,62-,63+,64+,69-,70-,71+,72?/m0/s1. The van der Waals surface area contributed by atoms with E-state index in [0.29, 0.717) is 24.4 Å². The van der Waals surface area contributed by atoms with Crippen LogP contribution >= 0.6 is 23.2 Å². The number of ether oxygens (including phenoxy) is 14. The first-order chi connectivity index (χ1) is 49.7. The lowest BCUT2D eigenvalue weighted by molar-refractivity contribution is -0.348. The van der Waals surface area contributed by atoms with Crippen molar-refractivity contribution in [3.63, 3.8) is 0 Å². The fourth-order valence-electron chi connectivity index (χ4n) is 12.9. The van der Waals surface area contributed by atoms with Crippen molar-refractivity contribution in [1.82, 2.24) is 45.0 Å². The van der Waals surface area contributed by atoms with Crippen LogP contribution in [0.2, 0.25) is 0 Å². The second kappa shape index (κ2) is 34.8. The molecule has 7 heterocycles. The van der Waals surface area contributed by atoms with Crippen molar-refractivity contribution in [1.29, 1.82) is 0 Å². The van der Waals surface area contributed by atoms with Gasteiger partial charge in [0.1, 0.15) is 53.7 Å². The van der Waals surface area contributed by atoms with Gasteiger partial charge in [-0.3, -0.25) is 9.59 Å². The molecule has 0 saturated carbocycles. The van der Waals surface area contributed by atoms with Crippen LogP contribution in [-0.2, 0) is 115 Å². The third-order valence-corrected chi connectivity index (χ3v) is 19.4. The minimum absolute atomic E-state index is 0.0333. The molecule has 4 aliphatic heterocycles. The van der Waals surface area contributed by atoms with Gasteiger partial charge in [0.05, 0.1) is 104 Å². The number of carbonyl (C=O) groups excluding carboxylic acids is 6. The molecule has 29 nitrogen and oxygen atoms in total. The molecule has 0 amide bonds. The van der Waals surface area contributed by atoms with E-state index in [0.717, 1.165) is 0 Å². The van der Waals surface area contributed by atoms with Crippen LogP contribution in [0.5, 0.6) is 0 Å². The number of benzene rings is 4. The summed E-state index contributed by atoms with van der Waals surface area (Å²) in [5, 5.41) is 25.7. The second-order valence-electron chi connectivity index (χ2n) is 25.7. The summed E-state index contributed by atoms with van der Waals surface area (Å²) in [7, 11) is 0. The molecule has 4 saturated heterocycles. The number of hydrogen-bond acceptors (Lipinski definition) is 26. The second-order valence-corrected chi connectivity index (χ2v) is 26.5. The Bertz CT molecular complexity index is 3960. The number of halogens is 2. The van der Waals surface area contributed by atoms with Crippen LogP contribution in [0.25, 0.3) is 0 Å². The molecule has 4 fully saturated rings. The van der Waals surface area contributed by atoms with Gasteiger partial charge in [0.25, 0.3) is 0 Å². The first-order valence-electron chi connectivity index (χ1n) is 34.1. The van der Waals surface area contributed by atoms with E-state index in [9.17, 15) is 28.8 Å². The lowest BCUT2D eigenvalue weighted by Crippen LogP contribution is -2.58. The van der Waals surface area contributed by atoms with Crippen molar-refractivity contribution in [2.45, 2.75) is 192 Å². The topological polar surface area (TPSA) is 324 Å². The van der Waals surface area contributed by atoms with Gasteiger partial charge in [0.15, 0.2) is 43.0 Å². The van der Waals surface area contributed by atoms with Gasteiger partial charge in [-0.05, 0) is 61.9 Å². The van der Waals surface area contributed by atoms with Crippen LogP contribution in [0.4, 0.5) is 0 Å². The summed E-state index contributed by atoms with van der Waals surface area (Å²) in [6.07, 6.45) is -8.46. The van der Waals surface area contributed by atoms with E-state index in [1.807, 2.05) is 20.8 Å². The third kappa shape index (κ3) is 18.5. The molecule has 0 bridgehead atoms. The average Bonchev–Trinajstić information content (AvgIpc) is 1.66. The Morgan fingerprint density at radius 1 is 0.456 bits per heavy atom. The van der Waals surface area contributed by atoms with Crippen molar-refractivity contribution >= 4 is 59.0 Å². The van der Waals surface area contributed by atoms with Gasteiger partial charge in [0.2, 0.25) is 0 Å². The van der Waals surface area contributed by atoms with E-state index in [1.54, 1.807) is 161 Å². The number of nitrogens with zero attached hydrogens (tertiary/aromatic N) is 9. The molecule has 0 aliphatic carbocycles. The molecule has 0 spiro atoms. The predicted molar refractivity (Wildman–Crippen MR) is 361 cm³/mol. The van der Waals surface area contributed by atoms with E-state index < -0.39 is 151 Å². The first-order valence-corrected chi connectivity index (χ1v) is 35.1. The van der Waals surface area contributed by atoms with Gasteiger partial charge in [-0.25, -0.2) is 33.2 Å². The zero-order valence-electron chi connectivity index (χ0n) is 58.0. The normalized spacial score (nSPS) is 29.1. The summed E-state index contributed by atoms with van der Waals surface area (Å²) in [6, 6.07) is 33.4. The Balaban J connectivity index is 0.838. The Kier molecular flexibility index (Phi) is 25.5. The minimum atomic E-state index is -1.64. The highest BCUT2D eigenvalue weighted by Crippen LogP contribution is 2.45. The Morgan fingerprint density at radius 2 is 0.825 bits per heavy atom. The summed E-state index contributed by atoms with van der Waals surface area (Å²) in [5.41, 5.74) is 2.08. The Labute approximate surface area is 604 Å². The number of aromatic nitrogens is 9. The highest BCUT2D eigenvalue weighted by molar-refractivity contribution is 6.21. The van der Waals surface area contributed by atoms with Crippen molar-refractivity contribution in [2.24, 2.45) is 23.7 Å². The summed E-state index contributed by atoms with van der Waals surface area (Å²) in [6.45, 7) is 13.3. The van der Waals surface area contributed by atoms with Crippen molar-refractivity contribution in [3.8, 4) is 0 Å². The largest absolute Gasteiger partial charge is 0.459 e. The van der Waals surface area contributed by atoms with Crippen LogP contribution in [0.3, 0.4) is 0 Å². The fraction of sp³-hybridized carbons (Fsp3) is 0.500. The molecule has 11 rings (SSSR count). The van der Waals surface area contributed by atoms with E-state index in [4.69, 9.17) is 89.5 Å². The molecule has 2 unspecified atom stereocenters. The van der Waals surface area contributed by atoms with Gasteiger partial charge in [-0.15, -0.1) is 38.5 Å². The lowest BCUT2D eigenvalue weighted by atomic mass is 9.91. The molecule has 3 aromatic heterocycles. The zero-order chi connectivity index (χ0) is 72.9. The Morgan fingerprint density at radius 3 is 1.20 bits per heavy atom. The molecular formula is C72H83Cl2N9O20. The van der Waals surface area contributed by atoms with E-state index >= 15 is 0 Å². The molecule has 103 heavy (non-hydrogen) atoms. The summed E-state index contributed by atoms with van der Waals surface area (Å²) in [4.78, 5) is 81.5. The molecule has 0 radical (unpaired) electrons. The lowest BCUT2D eigenvalue weighted by Gasteiger charge is -2.45. The Hall–Kier alpha value is -8.62. The van der Waals surface area contributed by atoms with Crippen LogP contribution in [0, 0.1) is 23.7 Å². The van der Waals surface area contributed by atoms with Crippen molar-refractivity contribution in [3.05, 3.63) is 179 Å². The fourth-order valence-corrected chi connectivity index (χ4v) is 13.7. The smallest absolute Gasteiger partial charge is 0.338 e. The number of hydrogen-bond donors (Lipinski definition) is 0. The maximum Gasteiger partial charge on any atom is 0.338 e. The number of rotatable bonds is 29. The summed E-state index contributed by atoms with van der Waals surface area (Å²) in [5.74, 6) is -8.61. The SMILES string of the molecule is CCOCc1cn(C[C@H]2O[C@H](OCc3cn(C[C@H]4O[C@H](OCc5cn(C[C@H]6OC(CCl)(O[C@H]7O[C@H](CC)[C@H](Cl)[C@H](C)C7OC(C)=O)[C@@H](C)[C@@H]6OC(C)=O)nn5)[C@@H](C)[C@@H](OC(=O)c5ccccc5)[C@@H]4OC(=O)c4ccccc4)nn3)[C@@H](C)[C@@H](OC(=O)c3ccccc3)[C@@H]2OC(=O)c2ccccc2)nn1. The monoisotopic (exact) mass is 1460 g/mol. The summed E-state index contributed by atoms with van der Waals surface area (Å²) < 4.78 is 93.1. The molecule has 19 atom stereocenters. The van der Waals surface area contributed by atoms with E-state index in [2.05, 4.69) is 30.9 Å². The molecule has 31 heteroatoms. The van der Waals surface area contributed by atoms with Gasteiger partial charge < -0.3 is 66.3 Å². The molecular weight excluding hydrogens is 1380 g/mol.